The molecule has 0 radical (unpaired) electrons. The van der Waals surface area contributed by atoms with E-state index in [2.05, 4.69) is 5.32 Å². The van der Waals surface area contributed by atoms with Crippen molar-refractivity contribution in [3.05, 3.63) is 70.8 Å². The molecule has 1 N–H and O–H groups in total. The van der Waals surface area contributed by atoms with Gasteiger partial charge in [-0.2, -0.15) is 0 Å². The quantitative estimate of drug-likeness (QED) is 0.878. The lowest BCUT2D eigenvalue weighted by Crippen LogP contribution is -2.23. The first-order valence-corrected chi connectivity index (χ1v) is 6.36. The van der Waals surface area contributed by atoms with E-state index in [-0.39, 0.29) is 6.04 Å². The van der Waals surface area contributed by atoms with Gasteiger partial charge in [0.15, 0.2) is 0 Å². The SMILES string of the molecule is CCNC(c1cc(F)cc(F)c1)c1ccccc1C. The Morgan fingerprint density at radius 2 is 1.68 bits per heavy atom. The summed E-state index contributed by atoms with van der Waals surface area (Å²) < 4.78 is 26.8. The molecular formula is C16H17F2N. The maximum absolute atomic E-state index is 13.4. The summed E-state index contributed by atoms with van der Waals surface area (Å²) in [6.07, 6.45) is 0. The van der Waals surface area contributed by atoms with Crippen LogP contribution in [-0.4, -0.2) is 6.54 Å². The van der Waals surface area contributed by atoms with Crippen molar-refractivity contribution in [3.63, 3.8) is 0 Å². The van der Waals surface area contributed by atoms with Crippen LogP contribution in [0.2, 0.25) is 0 Å². The molecule has 3 heteroatoms. The molecule has 1 unspecified atom stereocenters. The Morgan fingerprint density at radius 1 is 1.05 bits per heavy atom. The molecule has 0 aliphatic carbocycles. The van der Waals surface area contributed by atoms with E-state index in [1.54, 1.807) is 0 Å². The van der Waals surface area contributed by atoms with Gasteiger partial charge in [-0.3, -0.25) is 0 Å². The molecule has 2 aromatic rings. The fraction of sp³-hybridized carbons (Fsp3) is 0.250. The molecule has 100 valence electrons. The van der Waals surface area contributed by atoms with Gasteiger partial charge in [-0.25, -0.2) is 8.78 Å². The van der Waals surface area contributed by atoms with Gasteiger partial charge in [0.25, 0.3) is 0 Å². The van der Waals surface area contributed by atoms with Crippen LogP contribution in [0.5, 0.6) is 0 Å². The summed E-state index contributed by atoms with van der Waals surface area (Å²) in [7, 11) is 0. The lowest BCUT2D eigenvalue weighted by Gasteiger charge is -2.21. The summed E-state index contributed by atoms with van der Waals surface area (Å²) in [6, 6.07) is 11.3. The zero-order chi connectivity index (χ0) is 13.8. The summed E-state index contributed by atoms with van der Waals surface area (Å²) in [5.41, 5.74) is 2.74. The third-order valence-electron chi connectivity index (χ3n) is 3.13. The summed E-state index contributed by atoms with van der Waals surface area (Å²) in [4.78, 5) is 0. The van der Waals surface area contributed by atoms with Crippen molar-refractivity contribution in [1.82, 2.24) is 5.32 Å². The molecule has 19 heavy (non-hydrogen) atoms. The van der Waals surface area contributed by atoms with Crippen LogP contribution in [0.1, 0.15) is 29.7 Å². The third-order valence-corrected chi connectivity index (χ3v) is 3.13. The summed E-state index contributed by atoms with van der Waals surface area (Å²) >= 11 is 0. The van der Waals surface area contributed by atoms with E-state index in [1.165, 1.54) is 12.1 Å². The Balaban J connectivity index is 2.48. The minimum absolute atomic E-state index is 0.198. The highest BCUT2D eigenvalue weighted by atomic mass is 19.1. The minimum atomic E-state index is -0.550. The maximum Gasteiger partial charge on any atom is 0.126 e. The second-order valence-corrected chi connectivity index (χ2v) is 4.55. The molecule has 2 rings (SSSR count). The van der Waals surface area contributed by atoms with E-state index in [1.807, 2.05) is 38.1 Å². The molecule has 0 amide bonds. The normalized spacial score (nSPS) is 12.4. The molecule has 0 spiro atoms. The van der Waals surface area contributed by atoms with Crippen LogP contribution in [0.4, 0.5) is 8.78 Å². The van der Waals surface area contributed by atoms with Gasteiger partial charge in [-0.1, -0.05) is 31.2 Å². The average Bonchev–Trinajstić information content (AvgIpc) is 2.36. The number of aryl methyl sites for hydroxylation is 1. The van der Waals surface area contributed by atoms with Crippen LogP contribution in [0.15, 0.2) is 42.5 Å². The van der Waals surface area contributed by atoms with Gasteiger partial charge in [0.2, 0.25) is 0 Å². The summed E-state index contributed by atoms with van der Waals surface area (Å²) in [5, 5.41) is 3.28. The standard InChI is InChI=1S/C16H17F2N/c1-3-19-16(15-7-5-4-6-11(15)2)12-8-13(17)10-14(18)9-12/h4-10,16,19H,3H2,1-2H3. The predicted molar refractivity (Wildman–Crippen MR) is 73.1 cm³/mol. The van der Waals surface area contributed by atoms with Gasteiger partial charge in [0.05, 0.1) is 6.04 Å². The van der Waals surface area contributed by atoms with Crippen LogP contribution in [0.3, 0.4) is 0 Å². The Kier molecular flexibility index (Phi) is 4.27. The zero-order valence-corrected chi connectivity index (χ0v) is 11.1. The second-order valence-electron chi connectivity index (χ2n) is 4.55. The van der Waals surface area contributed by atoms with Crippen LogP contribution < -0.4 is 5.32 Å². The lowest BCUT2D eigenvalue weighted by atomic mass is 9.95. The molecule has 0 saturated heterocycles. The largest absolute Gasteiger partial charge is 0.307 e. The molecule has 1 nitrogen and oxygen atoms in total. The second kappa shape index (κ2) is 5.93. The molecule has 0 aromatic heterocycles. The smallest absolute Gasteiger partial charge is 0.126 e. The highest BCUT2D eigenvalue weighted by Crippen LogP contribution is 2.26. The fourth-order valence-electron chi connectivity index (χ4n) is 2.26. The molecule has 0 saturated carbocycles. The first-order chi connectivity index (χ1) is 9.11. The van der Waals surface area contributed by atoms with E-state index < -0.39 is 11.6 Å². The predicted octanol–water partition coefficient (Wildman–Crippen LogP) is 3.97. The Labute approximate surface area is 112 Å². The summed E-state index contributed by atoms with van der Waals surface area (Å²) in [6.45, 7) is 4.69. The van der Waals surface area contributed by atoms with Crippen LogP contribution in [0.25, 0.3) is 0 Å². The Hall–Kier alpha value is -1.74. The van der Waals surface area contributed by atoms with Gasteiger partial charge in [-0.05, 0) is 42.3 Å². The van der Waals surface area contributed by atoms with E-state index in [0.717, 1.165) is 23.7 Å². The number of benzene rings is 2. The molecule has 1 atom stereocenters. The van der Waals surface area contributed by atoms with Crippen molar-refractivity contribution < 1.29 is 8.78 Å². The number of hydrogen-bond donors (Lipinski definition) is 1. The number of halogens is 2. The molecule has 0 bridgehead atoms. The molecular weight excluding hydrogens is 244 g/mol. The van der Waals surface area contributed by atoms with Gasteiger partial charge in [0, 0.05) is 6.07 Å². The first kappa shape index (κ1) is 13.7. The number of nitrogens with one attached hydrogen (secondary N) is 1. The molecule has 0 aliphatic rings. The van der Waals surface area contributed by atoms with Gasteiger partial charge in [0.1, 0.15) is 11.6 Å². The van der Waals surface area contributed by atoms with E-state index in [4.69, 9.17) is 0 Å². The van der Waals surface area contributed by atoms with E-state index >= 15 is 0 Å². The number of hydrogen-bond acceptors (Lipinski definition) is 1. The Bertz CT molecular complexity index is 546. The molecule has 0 aliphatic heterocycles. The highest BCUT2D eigenvalue weighted by Gasteiger charge is 2.16. The zero-order valence-electron chi connectivity index (χ0n) is 11.1. The van der Waals surface area contributed by atoms with Crippen molar-refractivity contribution in [2.75, 3.05) is 6.54 Å². The van der Waals surface area contributed by atoms with Crippen LogP contribution >= 0.6 is 0 Å². The monoisotopic (exact) mass is 261 g/mol. The van der Waals surface area contributed by atoms with E-state index in [9.17, 15) is 8.78 Å². The summed E-state index contributed by atoms with van der Waals surface area (Å²) in [5.74, 6) is -1.10. The Morgan fingerprint density at radius 3 is 2.26 bits per heavy atom. The van der Waals surface area contributed by atoms with Crippen molar-refractivity contribution in [2.45, 2.75) is 19.9 Å². The molecule has 0 heterocycles. The van der Waals surface area contributed by atoms with Gasteiger partial charge < -0.3 is 5.32 Å². The van der Waals surface area contributed by atoms with Gasteiger partial charge in [-0.15, -0.1) is 0 Å². The molecule has 2 aromatic carbocycles. The highest BCUT2D eigenvalue weighted by molar-refractivity contribution is 5.37. The van der Waals surface area contributed by atoms with Gasteiger partial charge >= 0.3 is 0 Å². The fourth-order valence-corrected chi connectivity index (χ4v) is 2.26. The van der Waals surface area contributed by atoms with Crippen LogP contribution in [-0.2, 0) is 0 Å². The van der Waals surface area contributed by atoms with E-state index in [0.29, 0.717) is 5.56 Å². The van der Waals surface area contributed by atoms with Crippen molar-refractivity contribution in [3.8, 4) is 0 Å². The topological polar surface area (TPSA) is 12.0 Å². The van der Waals surface area contributed by atoms with Crippen molar-refractivity contribution in [2.24, 2.45) is 0 Å². The minimum Gasteiger partial charge on any atom is -0.307 e. The lowest BCUT2D eigenvalue weighted by molar-refractivity contribution is 0.564. The van der Waals surface area contributed by atoms with Crippen molar-refractivity contribution >= 4 is 0 Å². The third kappa shape index (κ3) is 3.18. The molecule has 0 fully saturated rings. The number of rotatable bonds is 4. The van der Waals surface area contributed by atoms with Crippen LogP contribution in [0, 0.1) is 18.6 Å². The first-order valence-electron chi connectivity index (χ1n) is 6.36. The van der Waals surface area contributed by atoms with Crippen molar-refractivity contribution in [1.29, 1.82) is 0 Å². The average molecular weight is 261 g/mol. The maximum atomic E-state index is 13.4.